The zero-order chi connectivity index (χ0) is 12.7. The van der Waals surface area contributed by atoms with Crippen molar-refractivity contribution in [1.82, 2.24) is 15.1 Å². The average molecular weight is 259 g/mol. The Morgan fingerprint density at radius 2 is 2.11 bits per heavy atom. The summed E-state index contributed by atoms with van der Waals surface area (Å²) in [6.07, 6.45) is 0.822. The van der Waals surface area contributed by atoms with E-state index in [0.717, 1.165) is 45.2 Å². The van der Waals surface area contributed by atoms with Gasteiger partial charge < -0.3 is 4.52 Å². The predicted molar refractivity (Wildman–Crippen MR) is 71.8 cm³/mol. The maximum Gasteiger partial charge on any atom is 0.143 e. The van der Waals surface area contributed by atoms with Gasteiger partial charge in [0.1, 0.15) is 11.6 Å². The maximum absolute atomic E-state index is 5.24. The molecule has 0 amide bonds. The fraction of sp³-hybridized carbons (Fsp3) is 0.308. The molecule has 0 unspecified atom stereocenters. The first-order chi connectivity index (χ1) is 8.70. The molecule has 5 heteroatoms. The first kappa shape index (κ1) is 11.3. The second kappa shape index (κ2) is 4.17. The molecule has 0 radical (unpaired) electrons. The van der Waals surface area contributed by atoms with Crippen LogP contribution in [0.4, 0.5) is 0 Å². The molecule has 0 N–H and O–H groups in total. The van der Waals surface area contributed by atoms with E-state index in [1.165, 1.54) is 0 Å². The van der Waals surface area contributed by atoms with Gasteiger partial charge in [-0.3, -0.25) is 0 Å². The molecule has 92 valence electrons. The topological polar surface area (TPSA) is 51.8 Å². The van der Waals surface area contributed by atoms with Gasteiger partial charge in [0.05, 0.1) is 27.2 Å². The molecule has 3 heterocycles. The Balaban J connectivity index is 2.37. The third kappa shape index (κ3) is 1.62. The fourth-order valence-electron chi connectivity index (χ4n) is 2.06. The molecule has 4 nitrogen and oxygen atoms in total. The van der Waals surface area contributed by atoms with Crippen LogP contribution >= 0.6 is 11.3 Å². The molecule has 3 rings (SSSR count). The van der Waals surface area contributed by atoms with E-state index in [1.807, 2.05) is 25.3 Å². The van der Waals surface area contributed by atoms with E-state index in [9.17, 15) is 0 Å². The van der Waals surface area contributed by atoms with Crippen molar-refractivity contribution in [2.45, 2.75) is 27.2 Å². The van der Waals surface area contributed by atoms with Gasteiger partial charge >= 0.3 is 0 Å². The fourth-order valence-corrected chi connectivity index (χ4v) is 2.89. The number of aromatic nitrogens is 3. The Morgan fingerprint density at radius 1 is 1.28 bits per heavy atom. The van der Waals surface area contributed by atoms with Gasteiger partial charge in [-0.1, -0.05) is 12.1 Å². The van der Waals surface area contributed by atoms with Gasteiger partial charge in [-0.2, -0.15) is 0 Å². The van der Waals surface area contributed by atoms with E-state index in [1.54, 1.807) is 11.3 Å². The van der Waals surface area contributed by atoms with Gasteiger partial charge in [-0.15, -0.1) is 11.3 Å². The molecule has 0 aromatic carbocycles. The van der Waals surface area contributed by atoms with Crippen LogP contribution in [0.15, 0.2) is 16.0 Å². The molecule has 0 atom stereocenters. The van der Waals surface area contributed by atoms with Gasteiger partial charge in [0, 0.05) is 6.42 Å². The van der Waals surface area contributed by atoms with Crippen LogP contribution in [0, 0.1) is 13.8 Å². The molecule has 0 bridgehead atoms. The second-order valence-electron chi connectivity index (χ2n) is 4.18. The van der Waals surface area contributed by atoms with Crippen molar-refractivity contribution in [1.29, 1.82) is 0 Å². The van der Waals surface area contributed by atoms with Crippen molar-refractivity contribution in [3.63, 3.8) is 0 Å². The van der Waals surface area contributed by atoms with Crippen molar-refractivity contribution in [3.8, 4) is 11.3 Å². The highest BCUT2D eigenvalue weighted by molar-refractivity contribution is 7.17. The van der Waals surface area contributed by atoms with Crippen LogP contribution < -0.4 is 0 Å². The molecule has 0 saturated heterocycles. The molecule has 18 heavy (non-hydrogen) atoms. The number of thiophene rings is 1. The minimum Gasteiger partial charge on any atom is -0.361 e. The highest BCUT2D eigenvalue weighted by Crippen LogP contribution is 2.33. The summed E-state index contributed by atoms with van der Waals surface area (Å²) in [5, 5.41) is 6.05. The quantitative estimate of drug-likeness (QED) is 0.706. The molecule has 3 aromatic rings. The van der Waals surface area contributed by atoms with Crippen molar-refractivity contribution < 1.29 is 4.52 Å². The molecule has 0 aliphatic heterocycles. The molecule has 3 aromatic heterocycles. The summed E-state index contributed by atoms with van der Waals surface area (Å²) in [6, 6.07) is 2.03. The Hall–Kier alpha value is -1.75. The third-order valence-corrected chi connectivity index (χ3v) is 3.85. The van der Waals surface area contributed by atoms with Gasteiger partial charge in [-0.05, 0) is 25.3 Å². The van der Waals surface area contributed by atoms with Crippen molar-refractivity contribution >= 4 is 21.6 Å². The zero-order valence-electron chi connectivity index (χ0n) is 10.5. The molecule has 0 fully saturated rings. The van der Waals surface area contributed by atoms with Crippen LogP contribution in [0.5, 0.6) is 0 Å². The van der Waals surface area contributed by atoms with Crippen LogP contribution in [-0.2, 0) is 6.42 Å². The second-order valence-corrected chi connectivity index (χ2v) is 5.09. The number of hydrogen-bond acceptors (Lipinski definition) is 5. The lowest BCUT2D eigenvalue weighted by atomic mass is 10.1. The monoisotopic (exact) mass is 259 g/mol. The van der Waals surface area contributed by atoms with Crippen LogP contribution in [0.2, 0.25) is 0 Å². The molecule has 0 saturated carbocycles. The summed E-state index contributed by atoms with van der Waals surface area (Å²) in [5.74, 6) is 1.67. The molecular formula is C13H13N3OS. The van der Waals surface area contributed by atoms with Crippen LogP contribution in [0.1, 0.15) is 24.2 Å². The zero-order valence-corrected chi connectivity index (χ0v) is 11.3. The third-order valence-electron chi connectivity index (χ3n) is 2.94. The molecule has 0 aliphatic rings. The lowest BCUT2D eigenvalue weighted by Crippen LogP contribution is -1.96. The Morgan fingerprint density at radius 3 is 2.78 bits per heavy atom. The molecular weight excluding hydrogens is 246 g/mol. The summed E-state index contributed by atoms with van der Waals surface area (Å²) < 4.78 is 6.34. The van der Waals surface area contributed by atoms with E-state index < -0.39 is 0 Å². The number of aryl methyl sites for hydroxylation is 3. The van der Waals surface area contributed by atoms with Gasteiger partial charge in [-0.25, -0.2) is 9.97 Å². The number of nitrogens with zero attached hydrogens (tertiary/aromatic N) is 3. The van der Waals surface area contributed by atoms with Crippen molar-refractivity contribution in [3.05, 3.63) is 28.7 Å². The van der Waals surface area contributed by atoms with E-state index in [4.69, 9.17) is 4.52 Å². The number of fused-ring (bicyclic) bond motifs is 1. The minimum absolute atomic E-state index is 0.808. The van der Waals surface area contributed by atoms with E-state index in [-0.39, 0.29) is 0 Å². The maximum atomic E-state index is 5.24. The lowest BCUT2D eigenvalue weighted by Gasteiger charge is -2.04. The standard InChI is InChI=1S/C13H13N3OS/c1-4-10-14-9-5-6-18-13(9)12(15-10)11-7(2)16-17-8(11)3/h5-6H,4H2,1-3H3. The van der Waals surface area contributed by atoms with Crippen LogP contribution in [0.25, 0.3) is 21.5 Å². The van der Waals surface area contributed by atoms with E-state index >= 15 is 0 Å². The van der Waals surface area contributed by atoms with Gasteiger partial charge in [0.15, 0.2) is 0 Å². The predicted octanol–water partition coefficient (Wildman–Crippen LogP) is 3.53. The molecule has 0 spiro atoms. The highest BCUT2D eigenvalue weighted by atomic mass is 32.1. The van der Waals surface area contributed by atoms with Gasteiger partial charge in [0.25, 0.3) is 0 Å². The summed E-state index contributed by atoms with van der Waals surface area (Å²) in [5.41, 5.74) is 3.83. The Bertz CT molecular complexity index is 695. The van der Waals surface area contributed by atoms with Crippen LogP contribution in [0.3, 0.4) is 0 Å². The highest BCUT2D eigenvalue weighted by Gasteiger charge is 2.18. The van der Waals surface area contributed by atoms with E-state index in [0.29, 0.717) is 0 Å². The summed E-state index contributed by atoms with van der Waals surface area (Å²) in [4.78, 5) is 9.19. The summed E-state index contributed by atoms with van der Waals surface area (Å²) >= 11 is 1.65. The Labute approximate surface area is 109 Å². The van der Waals surface area contributed by atoms with Crippen molar-refractivity contribution in [2.75, 3.05) is 0 Å². The largest absolute Gasteiger partial charge is 0.361 e. The summed E-state index contributed by atoms with van der Waals surface area (Å²) in [6.45, 7) is 5.92. The first-order valence-electron chi connectivity index (χ1n) is 5.88. The SMILES string of the molecule is CCc1nc(-c2c(C)noc2C)c2sccc2n1. The van der Waals surface area contributed by atoms with E-state index in [2.05, 4.69) is 22.0 Å². The van der Waals surface area contributed by atoms with Crippen molar-refractivity contribution in [2.24, 2.45) is 0 Å². The number of hydrogen-bond donors (Lipinski definition) is 0. The molecule has 0 aliphatic carbocycles. The average Bonchev–Trinajstić information content (AvgIpc) is 2.95. The van der Waals surface area contributed by atoms with Gasteiger partial charge in [0.2, 0.25) is 0 Å². The number of rotatable bonds is 2. The lowest BCUT2D eigenvalue weighted by molar-refractivity contribution is 0.393. The Kier molecular flexibility index (Phi) is 2.63. The van der Waals surface area contributed by atoms with Crippen LogP contribution in [-0.4, -0.2) is 15.1 Å². The normalized spacial score (nSPS) is 11.3. The first-order valence-corrected chi connectivity index (χ1v) is 6.76. The smallest absolute Gasteiger partial charge is 0.143 e. The minimum atomic E-state index is 0.808. The summed E-state index contributed by atoms with van der Waals surface area (Å²) in [7, 11) is 0.